The summed E-state index contributed by atoms with van der Waals surface area (Å²) in [6, 6.07) is 0. The van der Waals surface area contributed by atoms with Crippen molar-refractivity contribution in [3.05, 3.63) is 24.3 Å². The van der Waals surface area contributed by atoms with Crippen LogP contribution in [0, 0.1) is 11.8 Å². The highest BCUT2D eigenvalue weighted by atomic mass is 16.5. The van der Waals surface area contributed by atoms with Crippen molar-refractivity contribution < 1.29 is 24.2 Å². The van der Waals surface area contributed by atoms with Crippen LogP contribution in [0.2, 0.25) is 0 Å². The van der Waals surface area contributed by atoms with Crippen molar-refractivity contribution in [2.45, 2.75) is 33.8 Å². The predicted octanol–water partition coefficient (Wildman–Crippen LogP) is 1.86. The van der Waals surface area contributed by atoms with E-state index in [1.54, 1.807) is 19.9 Å². The second-order valence-electron chi connectivity index (χ2n) is 4.53. The van der Waals surface area contributed by atoms with Gasteiger partial charge in [0.25, 0.3) is 0 Å². The number of carbonyl (C=O) groups excluding carboxylic acids is 2. The average molecular weight is 284 g/mol. The number of aliphatic hydroxyl groups excluding tert-OH is 1. The van der Waals surface area contributed by atoms with E-state index in [-0.39, 0.29) is 18.4 Å². The van der Waals surface area contributed by atoms with Crippen molar-refractivity contribution in [3.63, 3.8) is 0 Å². The standard InChI is InChI=1S/C15H24O5/c1-5-19-14(17)9-7-12(11(3)4)13(16)8-10-15(18)20-6-2/h7-13,16H,5-6H2,1-4H3/b9-7+,10-8+/t12-,13-/m0/s1. The van der Waals surface area contributed by atoms with Gasteiger partial charge < -0.3 is 14.6 Å². The van der Waals surface area contributed by atoms with Gasteiger partial charge >= 0.3 is 11.9 Å². The van der Waals surface area contributed by atoms with Crippen molar-refractivity contribution in [1.82, 2.24) is 0 Å². The van der Waals surface area contributed by atoms with Crippen LogP contribution in [-0.4, -0.2) is 36.4 Å². The van der Waals surface area contributed by atoms with Crippen molar-refractivity contribution in [2.24, 2.45) is 11.8 Å². The summed E-state index contributed by atoms with van der Waals surface area (Å²) in [5.41, 5.74) is 0. The molecule has 0 radical (unpaired) electrons. The molecular weight excluding hydrogens is 260 g/mol. The molecule has 5 nitrogen and oxygen atoms in total. The van der Waals surface area contributed by atoms with Crippen LogP contribution in [0.4, 0.5) is 0 Å². The average Bonchev–Trinajstić information content (AvgIpc) is 2.36. The molecule has 0 saturated carbocycles. The van der Waals surface area contributed by atoms with Gasteiger partial charge in [-0.05, 0) is 25.8 Å². The van der Waals surface area contributed by atoms with E-state index in [1.165, 1.54) is 18.2 Å². The van der Waals surface area contributed by atoms with E-state index < -0.39 is 18.0 Å². The smallest absolute Gasteiger partial charge is 0.330 e. The molecule has 114 valence electrons. The molecule has 0 spiro atoms. The summed E-state index contributed by atoms with van der Waals surface area (Å²) in [7, 11) is 0. The Balaban J connectivity index is 4.66. The van der Waals surface area contributed by atoms with E-state index in [9.17, 15) is 14.7 Å². The maximum Gasteiger partial charge on any atom is 0.330 e. The molecule has 0 aliphatic carbocycles. The Hall–Kier alpha value is -1.62. The molecule has 0 fully saturated rings. The molecule has 0 bridgehead atoms. The number of esters is 2. The number of aliphatic hydroxyl groups is 1. The van der Waals surface area contributed by atoms with Gasteiger partial charge in [0.05, 0.1) is 19.3 Å². The quantitative estimate of drug-likeness (QED) is 0.544. The van der Waals surface area contributed by atoms with E-state index in [0.717, 1.165) is 0 Å². The molecule has 0 saturated heterocycles. The summed E-state index contributed by atoms with van der Waals surface area (Å²) < 4.78 is 9.52. The van der Waals surface area contributed by atoms with Crippen LogP contribution in [0.1, 0.15) is 27.7 Å². The van der Waals surface area contributed by atoms with Gasteiger partial charge in [-0.1, -0.05) is 19.9 Å². The molecule has 2 atom stereocenters. The molecular formula is C15H24O5. The zero-order valence-electron chi connectivity index (χ0n) is 12.5. The summed E-state index contributed by atoms with van der Waals surface area (Å²) in [4.78, 5) is 22.4. The maximum atomic E-state index is 11.3. The molecule has 0 rings (SSSR count). The molecule has 0 aliphatic heterocycles. The van der Waals surface area contributed by atoms with E-state index in [0.29, 0.717) is 6.61 Å². The molecule has 0 aromatic rings. The Kier molecular flexibility index (Phi) is 9.38. The summed E-state index contributed by atoms with van der Waals surface area (Å²) in [6.07, 6.45) is 4.60. The third kappa shape index (κ3) is 7.74. The topological polar surface area (TPSA) is 72.8 Å². The summed E-state index contributed by atoms with van der Waals surface area (Å²) >= 11 is 0. The Labute approximate surface area is 120 Å². The first kappa shape index (κ1) is 18.4. The van der Waals surface area contributed by atoms with E-state index in [1.807, 2.05) is 13.8 Å². The zero-order valence-corrected chi connectivity index (χ0v) is 12.5. The van der Waals surface area contributed by atoms with Gasteiger partial charge in [-0.25, -0.2) is 9.59 Å². The van der Waals surface area contributed by atoms with Crippen molar-refractivity contribution in [1.29, 1.82) is 0 Å². The minimum atomic E-state index is -0.870. The fourth-order valence-electron chi connectivity index (χ4n) is 1.61. The normalized spacial score (nSPS) is 14.7. The third-order valence-electron chi connectivity index (χ3n) is 2.62. The minimum Gasteiger partial charge on any atom is -0.463 e. The van der Waals surface area contributed by atoms with E-state index >= 15 is 0 Å². The highest BCUT2D eigenvalue weighted by Crippen LogP contribution is 2.18. The first-order valence-corrected chi connectivity index (χ1v) is 6.80. The number of rotatable bonds is 8. The highest BCUT2D eigenvalue weighted by Gasteiger charge is 2.18. The van der Waals surface area contributed by atoms with Gasteiger partial charge in [-0.3, -0.25) is 0 Å². The Bertz CT molecular complexity index is 357. The Morgan fingerprint density at radius 3 is 1.85 bits per heavy atom. The lowest BCUT2D eigenvalue weighted by molar-refractivity contribution is -0.138. The lowest BCUT2D eigenvalue weighted by Crippen LogP contribution is -2.22. The molecule has 0 heterocycles. The number of carbonyl (C=O) groups is 2. The second-order valence-corrected chi connectivity index (χ2v) is 4.53. The van der Waals surface area contributed by atoms with Gasteiger partial charge in [0.2, 0.25) is 0 Å². The number of hydrogen-bond donors (Lipinski definition) is 1. The first-order chi connectivity index (χ1) is 9.42. The van der Waals surface area contributed by atoms with E-state index in [4.69, 9.17) is 9.47 Å². The fourth-order valence-corrected chi connectivity index (χ4v) is 1.61. The van der Waals surface area contributed by atoms with Gasteiger partial charge in [-0.15, -0.1) is 0 Å². The highest BCUT2D eigenvalue weighted by molar-refractivity contribution is 5.82. The lowest BCUT2D eigenvalue weighted by atomic mass is 9.89. The number of hydrogen-bond acceptors (Lipinski definition) is 5. The molecule has 20 heavy (non-hydrogen) atoms. The van der Waals surface area contributed by atoms with E-state index in [2.05, 4.69) is 0 Å². The summed E-state index contributed by atoms with van der Waals surface area (Å²) in [5, 5.41) is 10.0. The second kappa shape index (κ2) is 10.2. The van der Waals surface area contributed by atoms with Gasteiger partial charge in [0, 0.05) is 18.1 Å². The van der Waals surface area contributed by atoms with Gasteiger partial charge in [0.1, 0.15) is 0 Å². The van der Waals surface area contributed by atoms with Crippen LogP contribution >= 0.6 is 0 Å². The van der Waals surface area contributed by atoms with Crippen LogP contribution in [0.5, 0.6) is 0 Å². The molecule has 0 amide bonds. The van der Waals surface area contributed by atoms with Crippen LogP contribution in [0.3, 0.4) is 0 Å². The zero-order chi connectivity index (χ0) is 15.5. The molecule has 1 N–H and O–H groups in total. The molecule has 0 aromatic heterocycles. The van der Waals surface area contributed by atoms with Crippen molar-refractivity contribution in [2.75, 3.05) is 13.2 Å². The van der Waals surface area contributed by atoms with Gasteiger partial charge in [-0.2, -0.15) is 0 Å². The Morgan fingerprint density at radius 1 is 1.00 bits per heavy atom. The monoisotopic (exact) mass is 284 g/mol. The third-order valence-corrected chi connectivity index (χ3v) is 2.62. The molecule has 0 unspecified atom stereocenters. The van der Waals surface area contributed by atoms with Crippen molar-refractivity contribution in [3.8, 4) is 0 Å². The first-order valence-electron chi connectivity index (χ1n) is 6.80. The van der Waals surface area contributed by atoms with Crippen LogP contribution in [-0.2, 0) is 19.1 Å². The van der Waals surface area contributed by atoms with Crippen LogP contribution in [0.25, 0.3) is 0 Å². The fraction of sp³-hybridized carbons (Fsp3) is 0.600. The lowest BCUT2D eigenvalue weighted by Gasteiger charge is -2.20. The van der Waals surface area contributed by atoms with Crippen LogP contribution < -0.4 is 0 Å². The number of ether oxygens (including phenoxy) is 2. The maximum absolute atomic E-state index is 11.3. The largest absolute Gasteiger partial charge is 0.463 e. The molecule has 0 aliphatic rings. The predicted molar refractivity (Wildman–Crippen MR) is 75.9 cm³/mol. The minimum absolute atomic E-state index is 0.0996. The SMILES string of the molecule is CCOC(=O)/C=C/[C@H](O)[C@@H](/C=C/C(=O)OCC)C(C)C. The Morgan fingerprint density at radius 2 is 1.45 bits per heavy atom. The molecule has 5 heteroatoms. The molecule has 0 aromatic carbocycles. The summed E-state index contributed by atoms with van der Waals surface area (Å²) in [6.45, 7) is 7.86. The van der Waals surface area contributed by atoms with Crippen LogP contribution in [0.15, 0.2) is 24.3 Å². The van der Waals surface area contributed by atoms with Gasteiger partial charge in [0.15, 0.2) is 0 Å². The summed E-state index contributed by atoms with van der Waals surface area (Å²) in [5.74, 6) is -1.13. The van der Waals surface area contributed by atoms with Crippen molar-refractivity contribution >= 4 is 11.9 Å².